The van der Waals surface area contributed by atoms with Crippen LogP contribution in [0.25, 0.3) is 0 Å². The second-order valence-corrected chi connectivity index (χ2v) is 5.10. The highest BCUT2D eigenvalue weighted by Gasteiger charge is 2.16. The van der Waals surface area contributed by atoms with Gasteiger partial charge in [0.2, 0.25) is 5.91 Å². The van der Waals surface area contributed by atoms with E-state index in [-0.39, 0.29) is 11.5 Å². The Balaban J connectivity index is 2.17. The Morgan fingerprint density at radius 1 is 1.40 bits per heavy atom. The number of benzene rings is 1. The fourth-order valence-corrected chi connectivity index (χ4v) is 2.16. The van der Waals surface area contributed by atoms with Gasteiger partial charge in [-0.2, -0.15) is 5.10 Å². The molecule has 7 heteroatoms. The molecule has 1 atom stereocenters. The highest BCUT2D eigenvalue weighted by atomic mass is 79.9. The van der Waals surface area contributed by atoms with Crippen LogP contribution >= 0.6 is 15.9 Å². The van der Waals surface area contributed by atoms with Crippen LogP contribution in [0.2, 0.25) is 0 Å². The molecule has 1 amide bonds. The second-order valence-electron chi connectivity index (χ2n) is 4.19. The topological polar surface area (TPSA) is 84.2 Å². The normalized spacial score (nSPS) is 11.9. The Bertz CT molecular complexity index is 640. The summed E-state index contributed by atoms with van der Waals surface area (Å²) < 4.78 is 2.10. The van der Waals surface area contributed by atoms with Crippen molar-refractivity contribution in [3.8, 4) is 0 Å². The van der Waals surface area contributed by atoms with Crippen LogP contribution in [0.4, 0.5) is 5.69 Å². The Labute approximate surface area is 123 Å². The van der Waals surface area contributed by atoms with E-state index in [1.54, 1.807) is 31.5 Å². The SMILES string of the molecule is CC(C(=O)Nc1cc(Br)cc(C(=O)O)c1)n1cccn1. The molecule has 2 N–H and O–H groups in total. The van der Waals surface area contributed by atoms with Crippen LogP contribution in [0.15, 0.2) is 41.1 Å². The fraction of sp³-hybridized carbons (Fsp3) is 0.154. The first-order valence-electron chi connectivity index (χ1n) is 5.81. The Kier molecular flexibility index (Phi) is 4.19. The number of aromatic nitrogens is 2. The standard InChI is InChI=1S/C13H12BrN3O3/c1-8(17-4-2-3-15-17)12(18)16-11-6-9(13(19)20)5-10(14)7-11/h2-8H,1H3,(H,16,18)(H,19,20). The third kappa shape index (κ3) is 3.24. The summed E-state index contributed by atoms with van der Waals surface area (Å²) in [4.78, 5) is 23.0. The van der Waals surface area contributed by atoms with Crippen molar-refractivity contribution in [1.82, 2.24) is 9.78 Å². The number of anilines is 1. The van der Waals surface area contributed by atoms with E-state index in [0.717, 1.165) is 0 Å². The number of rotatable bonds is 4. The van der Waals surface area contributed by atoms with Crippen LogP contribution in [0.1, 0.15) is 23.3 Å². The minimum atomic E-state index is -1.05. The van der Waals surface area contributed by atoms with E-state index < -0.39 is 12.0 Å². The smallest absolute Gasteiger partial charge is 0.335 e. The number of carboxylic acids is 1. The lowest BCUT2D eigenvalue weighted by atomic mass is 10.2. The first kappa shape index (κ1) is 14.3. The molecule has 6 nitrogen and oxygen atoms in total. The minimum absolute atomic E-state index is 0.0985. The molecule has 0 radical (unpaired) electrons. The lowest BCUT2D eigenvalue weighted by molar-refractivity contribution is -0.119. The van der Waals surface area contributed by atoms with E-state index in [2.05, 4.69) is 26.3 Å². The van der Waals surface area contributed by atoms with Crippen LogP contribution < -0.4 is 5.32 Å². The zero-order valence-electron chi connectivity index (χ0n) is 10.6. The number of carbonyl (C=O) groups is 2. The predicted octanol–water partition coefficient (Wildman–Crippen LogP) is 2.54. The average Bonchev–Trinajstić information content (AvgIpc) is 2.90. The van der Waals surface area contributed by atoms with E-state index in [4.69, 9.17) is 5.11 Å². The van der Waals surface area contributed by atoms with Gasteiger partial charge in [0.1, 0.15) is 6.04 Å². The molecule has 0 aliphatic heterocycles. The average molecular weight is 338 g/mol. The van der Waals surface area contributed by atoms with Crippen LogP contribution in [-0.4, -0.2) is 26.8 Å². The van der Waals surface area contributed by atoms with E-state index in [9.17, 15) is 9.59 Å². The lowest BCUT2D eigenvalue weighted by Gasteiger charge is -2.13. The Hall–Kier alpha value is -2.15. The highest BCUT2D eigenvalue weighted by Crippen LogP contribution is 2.20. The summed E-state index contributed by atoms with van der Waals surface area (Å²) in [7, 11) is 0. The molecule has 0 spiro atoms. The van der Waals surface area contributed by atoms with Gasteiger partial charge in [0.05, 0.1) is 5.56 Å². The monoisotopic (exact) mass is 337 g/mol. The molecule has 1 aromatic heterocycles. The van der Waals surface area contributed by atoms with Gasteiger partial charge in [0.15, 0.2) is 0 Å². The Morgan fingerprint density at radius 2 is 2.15 bits per heavy atom. The van der Waals surface area contributed by atoms with Crippen molar-refractivity contribution in [2.45, 2.75) is 13.0 Å². The number of carboxylic acid groups (broad SMARTS) is 1. The molecular formula is C13H12BrN3O3. The molecule has 0 aliphatic rings. The summed E-state index contributed by atoms with van der Waals surface area (Å²) in [5, 5.41) is 15.6. The van der Waals surface area contributed by atoms with Crippen molar-refractivity contribution in [3.63, 3.8) is 0 Å². The van der Waals surface area contributed by atoms with Gasteiger partial charge in [-0.05, 0) is 31.2 Å². The predicted molar refractivity (Wildman–Crippen MR) is 76.7 cm³/mol. The number of nitrogens with one attached hydrogen (secondary N) is 1. The lowest BCUT2D eigenvalue weighted by Crippen LogP contribution is -2.24. The largest absolute Gasteiger partial charge is 0.478 e. The molecule has 1 aromatic carbocycles. The number of carbonyl (C=O) groups excluding carboxylic acids is 1. The van der Waals surface area contributed by atoms with E-state index in [1.165, 1.54) is 16.8 Å². The van der Waals surface area contributed by atoms with Gasteiger partial charge in [0.25, 0.3) is 0 Å². The number of halogens is 1. The maximum absolute atomic E-state index is 12.1. The number of aromatic carboxylic acids is 1. The molecule has 1 heterocycles. The molecule has 0 saturated heterocycles. The van der Waals surface area contributed by atoms with Crippen molar-refractivity contribution in [3.05, 3.63) is 46.7 Å². The number of nitrogens with zero attached hydrogens (tertiary/aromatic N) is 2. The van der Waals surface area contributed by atoms with Crippen LogP contribution in [0, 0.1) is 0 Å². The molecule has 0 aliphatic carbocycles. The van der Waals surface area contributed by atoms with E-state index >= 15 is 0 Å². The maximum atomic E-state index is 12.1. The zero-order chi connectivity index (χ0) is 14.7. The molecule has 2 rings (SSSR count). The van der Waals surface area contributed by atoms with Gasteiger partial charge < -0.3 is 10.4 Å². The summed E-state index contributed by atoms with van der Waals surface area (Å²) in [5.74, 6) is -1.33. The molecule has 1 unspecified atom stereocenters. The number of hydrogen-bond donors (Lipinski definition) is 2. The van der Waals surface area contributed by atoms with Crippen molar-refractivity contribution >= 4 is 33.5 Å². The molecule has 20 heavy (non-hydrogen) atoms. The molecule has 2 aromatic rings. The van der Waals surface area contributed by atoms with E-state index in [0.29, 0.717) is 10.2 Å². The maximum Gasteiger partial charge on any atom is 0.335 e. The van der Waals surface area contributed by atoms with Gasteiger partial charge in [-0.3, -0.25) is 9.48 Å². The van der Waals surface area contributed by atoms with Gasteiger partial charge in [-0.25, -0.2) is 4.79 Å². The molecule has 0 bridgehead atoms. The minimum Gasteiger partial charge on any atom is -0.478 e. The summed E-state index contributed by atoms with van der Waals surface area (Å²) in [6.45, 7) is 1.71. The second kappa shape index (κ2) is 5.87. The van der Waals surface area contributed by atoms with Crippen molar-refractivity contribution in [2.24, 2.45) is 0 Å². The highest BCUT2D eigenvalue weighted by molar-refractivity contribution is 9.10. The van der Waals surface area contributed by atoms with Crippen LogP contribution in [0.3, 0.4) is 0 Å². The van der Waals surface area contributed by atoms with Crippen molar-refractivity contribution in [2.75, 3.05) is 5.32 Å². The van der Waals surface area contributed by atoms with Gasteiger partial charge in [-0.15, -0.1) is 0 Å². The third-order valence-electron chi connectivity index (χ3n) is 2.71. The van der Waals surface area contributed by atoms with Crippen LogP contribution in [0.5, 0.6) is 0 Å². The first-order chi connectivity index (χ1) is 9.47. The third-order valence-corrected chi connectivity index (χ3v) is 3.17. The van der Waals surface area contributed by atoms with Crippen molar-refractivity contribution in [1.29, 1.82) is 0 Å². The molecule has 104 valence electrons. The van der Waals surface area contributed by atoms with Gasteiger partial charge in [-0.1, -0.05) is 15.9 Å². The van der Waals surface area contributed by atoms with Gasteiger partial charge in [0, 0.05) is 22.6 Å². The molecular weight excluding hydrogens is 326 g/mol. The fourth-order valence-electron chi connectivity index (χ4n) is 1.66. The van der Waals surface area contributed by atoms with Crippen molar-refractivity contribution < 1.29 is 14.7 Å². The summed E-state index contributed by atoms with van der Waals surface area (Å²) in [6.07, 6.45) is 3.28. The quantitative estimate of drug-likeness (QED) is 0.897. The molecule has 0 fully saturated rings. The Morgan fingerprint density at radius 3 is 2.75 bits per heavy atom. The number of hydrogen-bond acceptors (Lipinski definition) is 3. The summed E-state index contributed by atoms with van der Waals surface area (Å²) in [5.41, 5.74) is 0.516. The summed E-state index contributed by atoms with van der Waals surface area (Å²) >= 11 is 3.21. The van der Waals surface area contributed by atoms with E-state index in [1.807, 2.05) is 0 Å². The number of amides is 1. The first-order valence-corrected chi connectivity index (χ1v) is 6.60. The van der Waals surface area contributed by atoms with Crippen LogP contribution in [-0.2, 0) is 4.79 Å². The summed E-state index contributed by atoms with van der Waals surface area (Å²) in [6, 6.07) is 5.75. The zero-order valence-corrected chi connectivity index (χ0v) is 12.2. The molecule has 0 saturated carbocycles. The van der Waals surface area contributed by atoms with Gasteiger partial charge >= 0.3 is 5.97 Å².